The van der Waals surface area contributed by atoms with Crippen molar-refractivity contribution < 1.29 is 1.43 Å². The summed E-state index contributed by atoms with van der Waals surface area (Å²) in [5.41, 5.74) is 2.74. The van der Waals surface area contributed by atoms with Gasteiger partial charge in [0, 0.05) is 1.43 Å². The van der Waals surface area contributed by atoms with Crippen LogP contribution in [0.15, 0.2) is 24.3 Å². The minimum Gasteiger partial charge on any atom is -0.0683 e. The van der Waals surface area contributed by atoms with Crippen LogP contribution >= 0.6 is 0 Å². The van der Waals surface area contributed by atoms with E-state index in [1.807, 2.05) is 27.7 Å². The summed E-state index contributed by atoms with van der Waals surface area (Å²) in [5.74, 6) is 0. The quantitative estimate of drug-likeness (QED) is 0.532. The number of rotatable bonds is 0. The molecule has 0 N–H and O–H groups in total. The van der Waals surface area contributed by atoms with E-state index in [1.54, 1.807) is 0 Å². The van der Waals surface area contributed by atoms with Crippen LogP contribution in [0, 0.1) is 13.8 Å². The number of benzene rings is 1. The standard InChI is InChI=1S/C8H10.2C2H6.H2/c1-7-5-3-4-6-8(7)2;2*1-2;/h3-6H,1-2H3;2*1-2H3;1H/i;;;1+1. The van der Waals surface area contributed by atoms with Crippen molar-refractivity contribution in [1.29, 1.82) is 0 Å². The van der Waals surface area contributed by atoms with Gasteiger partial charge in [-0.25, -0.2) is 0 Å². The summed E-state index contributed by atoms with van der Waals surface area (Å²) in [4.78, 5) is 0. The van der Waals surface area contributed by atoms with Crippen LogP contribution in [0.4, 0.5) is 0 Å². The van der Waals surface area contributed by atoms with Gasteiger partial charge in [0.1, 0.15) is 0 Å². The Bertz CT molecular complexity index is 161. The molecule has 1 aromatic carbocycles. The molecule has 0 atom stereocenters. The molecule has 0 fully saturated rings. The highest BCUT2D eigenvalue weighted by Gasteiger charge is 1.83. The molecule has 0 aliphatic carbocycles. The molecule has 0 bridgehead atoms. The monoisotopic (exact) mass is 169 g/mol. The molecule has 1 aromatic rings. The Morgan fingerprint density at radius 3 is 1.17 bits per heavy atom. The largest absolute Gasteiger partial charge is 0.0683 e. The Labute approximate surface area is 79.1 Å². The maximum absolute atomic E-state index is 2.12. The highest BCUT2D eigenvalue weighted by atomic mass is 13.9. The molecule has 72 valence electrons. The molecule has 0 unspecified atom stereocenters. The fourth-order valence-electron chi connectivity index (χ4n) is 0.663. The Kier molecular flexibility index (Phi) is 11.7. The first-order chi connectivity index (χ1) is 5.80. The number of hydrogen-bond donors (Lipinski definition) is 0. The molecule has 0 amide bonds. The van der Waals surface area contributed by atoms with Gasteiger partial charge in [-0.2, -0.15) is 0 Å². The molecule has 0 aliphatic heterocycles. The number of hydrogen-bond acceptors (Lipinski definition) is 0. The van der Waals surface area contributed by atoms with Crippen molar-refractivity contribution in [3.8, 4) is 0 Å². The molecule has 0 aromatic heterocycles. The van der Waals surface area contributed by atoms with E-state index in [0.717, 1.165) is 0 Å². The van der Waals surface area contributed by atoms with E-state index in [0.29, 0.717) is 0 Å². The van der Waals surface area contributed by atoms with Gasteiger partial charge in [0.25, 0.3) is 0 Å². The Morgan fingerprint density at radius 2 is 1.00 bits per heavy atom. The first-order valence-corrected chi connectivity index (χ1v) is 4.83. The summed E-state index contributed by atoms with van der Waals surface area (Å²) < 4.78 is 0. The smallest absolute Gasteiger partial charge is 0 e. The van der Waals surface area contributed by atoms with E-state index in [-0.39, 0.29) is 1.43 Å². The zero-order chi connectivity index (χ0) is 9.98. The van der Waals surface area contributed by atoms with Crippen molar-refractivity contribution >= 4 is 0 Å². The summed E-state index contributed by atoms with van der Waals surface area (Å²) >= 11 is 0. The van der Waals surface area contributed by atoms with Crippen LogP contribution in [0.1, 0.15) is 40.2 Å². The molecule has 0 heterocycles. The molecule has 0 spiro atoms. The third-order valence-electron chi connectivity index (χ3n) is 1.43. The van der Waals surface area contributed by atoms with E-state index >= 15 is 0 Å². The molecule has 0 heteroatoms. The van der Waals surface area contributed by atoms with Gasteiger partial charge >= 0.3 is 0 Å². The van der Waals surface area contributed by atoms with E-state index in [4.69, 9.17) is 0 Å². The molecule has 0 radical (unpaired) electrons. The second-order valence-corrected chi connectivity index (χ2v) is 2.08. The average molecular weight is 169 g/mol. The van der Waals surface area contributed by atoms with Crippen LogP contribution in [0.3, 0.4) is 0 Å². The number of aryl methyl sites for hydroxylation is 2. The maximum Gasteiger partial charge on any atom is 0 e. The van der Waals surface area contributed by atoms with Crippen LogP contribution in [0.25, 0.3) is 0 Å². The lowest BCUT2D eigenvalue weighted by Crippen LogP contribution is -1.74. The molecular formula is C12H24. The SMILES string of the molecule is CC.CC.Cc1ccccc1C.[2HH]. The van der Waals surface area contributed by atoms with Gasteiger partial charge < -0.3 is 0 Å². The Morgan fingerprint density at radius 1 is 0.750 bits per heavy atom. The van der Waals surface area contributed by atoms with Crippen molar-refractivity contribution in [3.05, 3.63) is 35.4 Å². The van der Waals surface area contributed by atoms with Gasteiger partial charge in [-0.05, 0) is 25.0 Å². The topological polar surface area (TPSA) is 0 Å². The summed E-state index contributed by atoms with van der Waals surface area (Å²) in [7, 11) is 0. The lowest BCUT2D eigenvalue weighted by molar-refractivity contribution is 1.34. The summed E-state index contributed by atoms with van der Waals surface area (Å²) in [6.45, 7) is 12.2. The highest BCUT2D eigenvalue weighted by Crippen LogP contribution is 2.02. The van der Waals surface area contributed by atoms with Crippen molar-refractivity contribution in [2.45, 2.75) is 41.5 Å². The molecule has 1 rings (SSSR count). The average Bonchev–Trinajstić information content (AvgIpc) is 2.17. The normalized spacial score (nSPS) is 7.17. The van der Waals surface area contributed by atoms with E-state index in [1.165, 1.54) is 11.1 Å². The van der Waals surface area contributed by atoms with Crippen LogP contribution in [-0.4, -0.2) is 0 Å². The fourth-order valence-corrected chi connectivity index (χ4v) is 0.663. The van der Waals surface area contributed by atoms with Gasteiger partial charge in [0.2, 0.25) is 0 Å². The van der Waals surface area contributed by atoms with Crippen molar-refractivity contribution in [2.75, 3.05) is 0 Å². The van der Waals surface area contributed by atoms with Gasteiger partial charge in [0.05, 0.1) is 0 Å². The van der Waals surface area contributed by atoms with Crippen LogP contribution < -0.4 is 0 Å². The Balaban J connectivity index is -0.000000178. The van der Waals surface area contributed by atoms with Crippen molar-refractivity contribution in [2.24, 2.45) is 0 Å². The van der Waals surface area contributed by atoms with Crippen molar-refractivity contribution in [3.63, 3.8) is 0 Å². The molecule has 0 saturated carbocycles. The summed E-state index contributed by atoms with van der Waals surface area (Å²) in [5, 5.41) is 0. The van der Waals surface area contributed by atoms with Gasteiger partial charge in [-0.3, -0.25) is 0 Å². The summed E-state index contributed by atoms with van der Waals surface area (Å²) in [6.07, 6.45) is 0. The fraction of sp³-hybridized carbons (Fsp3) is 0.500. The predicted octanol–water partition coefficient (Wildman–Crippen LogP) is 4.60. The molecule has 0 nitrogen and oxygen atoms in total. The second kappa shape index (κ2) is 10.2. The zero-order valence-corrected chi connectivity index (χ0v) is 9.31. The first-order valence-electron chi connectivity index (χ1n) is 4.83. The third-order valence-corrected chi connectivity index (χ3v) is 1.43. The molecule has 0 saturated heterocycles. The maximum atomic E-state index is 2.12. The summed E-state index contributed by atoms with van der Waals surface area (Å²) in [6, 6.07) is 8.36. The lowest BCUT2D eigenvalue weighted by atomic mass is 10.1. The van der Waals surface area contributed by atoms with Crippen LogP contribution in [-0.2, 0) is 0 Å². The second-order valence-electron chi connectivity index (χ2n) is 2.08. The minimum absolute atomic E-state index is 0. The molecular weight excluding hydrogens is 144 g/mol. The highest BCUT2D eigenvalue weighted by molar-refractivity contribution is 5.23. The predicted molar refractivity (Wildman–Crippen MR) is 60.7 cm³/mol. The van der Waals surface area contributed by atoms with E-state index < -0.39 is 0 Å². The molecule has 0 aliphatic rings. The van der Waals surface area contributed by atoms with E-state index in [2.05, 4.69) is 38.1 Å². The van der Waals surface area contributed by atoms with Gasteiger partial charge in [0.15, 0.2) is 0 Å². The molecule has 12 heavy (non-hydrogen) atoms. The van der Waals surface area contributed by atoms with Gasteiger partial charge in [-0.15, -0.1) is 0 Å². The van der Waals surface area contributed by atoms with Crippen molar-refractivity contribution in [1.82, 2.24) is 0 Å². The lowest BCUT2D eigenvalue weighted by Gasteiger charge is -1.93. The zero-order valence-electron chi connectivity index (χ0n) is 9.31. The third kappa shape index (κ3) is 5.96. The first kappa shape index (κ1) is 13.8. The van der Waals surface area contributed by atoms with Crippen LogP contribution in [0.2, 0.25) is 0 Å². The Hall–Kier alpha value is -0.780. The minimum atomic E-state index is 0. The van der Waals surface area contributed by atoms with Crippen LogP contribution in [0.5, 0.6) is 0 Å². The van der Waals surface area contributed by atoms with E-state index in [9.17, 15) is 0 Å². The van der Waals surface area contributed by atoms with Gasteiger partial charge in [-0.1, -0.05) is 52.0 Å².